The topological polar surface area (TPSA) is 92.3 Å². The maximum Gasteiger partial charge on any atom is 0.208 e. The summed E-state index contributed by atoms with van der Waals surface area (Å²) in [7, 11) is -6.27. The van der Waals surface area contributed by atoms with Crippen molar-refractivity contribution in [2.45, 2.75) is 11.7 Å². The van der Waals surface area contributed by atoms with Gasteiger partial charge in [-0.25, -0.2) is 21.6 Å². The van der Waals surface area contributed by atoms with Gasteiger partial charge in [0.15, 0.2) is 9.84 Å². The highest BCUT2D eigenvalue weighted by atomic mass is 32.2. The van der Waals surface area contributed by atoms with Gasteiger partial charge in [-0.3, -0.25) is 0 Å². The molecular formula is C7H16N2O4S2. The monoisotopic (exact) mass is 256 g/mol. The van der Waals surface area contributed by atoms with Gasteiger partial charge < -0.3 is 5.32 Å². The Morgan fingerprint density at radius 1 is 1.47 bits per heavy atom. The first-order valence-electron chi connectivity index (χ1n) is 4.68. The molecule has 15 heavy (non-hydrogen) atoms. The van der Waals surface area contributed by atoms with Crippen LogP contribution >= 0.6 is 0 Å². The van der Waals surface area contributed by atoms with Crippen molar-refractivity contribution in [2.75, 3.05) is 31.6 Å². The molecule has 0 radical (unpaired) electrons. The zero-order chi connectivity index (χ0) is 11.5. The summed E-state index contributed by atoms with van der Waals surface area (Å²) in [5.74, 6) is 0.135. The number of sulfone groups is 1. The summed E-state index contributed by atoms with van der Waals surface area (Å²) >= 11 is 0. The molecular weight excluding hydrogens is 240 g/mol. The Labute approximate surface area is 90.4 Å². The Morgan fingerprint density at radius 2 is 2.13 bits per heavy atom. The van der Waals surface area contributed by atoms with Gasteiger partial charge in [-0.05, 0) is 6.42 Å². The SMILES string of the molecule is CS(=O)(=O)NCCC1CNCCS1(=O)=O. The van der Waals surface area contributed by atoms with Gasteiger partial charge in [0, 0.05) is 19.6 Å². The number of hydrogen-bond donors (Lipinski definition) is 2. The molecule has 2 N–H and O–H groups in total. The maximum absolute atomic E-state index is 11.5. The molecule has 8 heteroatoms. The second kappa shape index (κ2) is 4.77. The molecule has 1 aliphatic rings. The highest BCUT2D eigenvalue weighted by molar-refractivity contribution is 7.92. The van der Waals surface area contributed by atoms with Crippen LogP contribution in [0, 0.1) is 0 Å². The Balaban J connectivity index is 2.44. The van der Waals surface area contributed by atoms with Crippen molar-refractivity contribution in [1.82, 2.24) is 10.0 Å². The average Bonchev–Trinajstić information content (AvgIpc) is 2.05. The van der Waals surface area contributed by atoms with Crippen molar-refractivity contribution in [3.8, 4) is 0 Å². The average molecular weight is 256 g/mol. The minimum absolute atomic E-state index is 0.135. The summed E-state index contributed by atoms with van der Waals surface area (Å²) in [6.07, 6.45) is 1.38. The standard InChI is InChI=1S/C7H16N2O4S2/c1-14(10,11)9-3-2-7-6-8-4-5-15(7,12)13/h7-9H,2-6H2,1H3. The summed E-state index contributed by atoms with van der Waals surface area (Å²) in [6.45, 7) is 1.07. The van der Waals surface area contributed by atoms with Gasteiger partial charge >= 0.3 is 0 Å². The van der Waals surface area contributed by atoms with Crippen LogP contribution in [-0.2, 0) is 19.9 Å². The van der Waals surface area contributed by atoms with Gasteiger partial charge in [0.1, 0.15) is 0 Å². The van der Waals surface area contributed by atoms with E-state index in [2.05, 4.69) is 10.0 Å². The molecule has 0 amide bonds. The summed E-state index contributed by atoms with van der Waals surface area (Å²) < 4.78 is 46.8. The molecule has 0 aromatic carbocycles. The number of rotatable bonds is 4. The van der Waals surface area contributed by atoms with Gasteiger partial charge in [0.05, 0.1) is 17.3 Å². The van der Waals surface area contributed by atoms with E-state index in [0.29, 0.717) is 19.5 Å². The smallest absolute Gasteiger partial charge is 0.208 e. The zero-order valence-electron chi connectivity index (χ0n) is 8.56. The van der Waals surface area contributed by atoms with E-state index < -0.39 is 25.1 Å². The van der Waals surface area contributed by atoms with Gasteiger partial charge in [0.2, 0.25) is 10.0 Å². The molecule has 0 aliphatic carbocycles. The van der Waals surface area contributed by atoms with Crippen molar-refractivity contribution in [2.24, 2.45) is 0 Å². The molecule has 1 aliphatic heterocycles. The molecule has 0 aromatic rings. The lowest BCUT2D eigenvalue weighted by molar-refractivity contribution is 0.529. The summed E-state index contributed by atoms with van der Waals surface area (Å²) in [5, 5.41) is 2.51. The van der Waals surface area contributed by atoms with Crippen LogP contribution in [-0.4, -0.2) is 53.7 Å². The summed E-state index contributed by atoms with van der Waals surface area (Å²) in [5.41, 5.74) is 0. The van der Waals surface area contributed by atoms with Crippen LogP contribution in [0.3, 0.4) is 0 Å². The zero-order valence-corrected chi connectivity index (χ0v) is 10.2. The fourth-order valence-electron chi connectivity index (χ4n) is 1.46. The first-order chi connectivity index (χ1) is 6.81. The molecule has 6 nitrogen and oxygen atoms in total. The number of nitrogens with one attached hydrogen (secondary N) is 2. The third kappa shape index (κ3) is 4.45. The molecule has 0 bridgehead atoms. The minimum atomic E-state index is -3.23. The van der Waals surface area contributed by atoms with Gasteiger partial charge in [0.25, 0.3) is 0 Å². The predicted octanol–water partition coefficient (Wildman–Crippen LogP) is -1.69. The van der Waals surface area contributed by atoms with Crippen LogP contribution < -0.4 is 10.0 Å². The van der Waals surface area contributed by atoms with Crippen LogP contribution in [0.2, 0.25) is 0 Å². The lowest BCUT2D eigenvalue weighted by Gasteiger charge is -2.23. The highest BCUT2D eigenvalue weighted by Gasteiger charge is 2.28. The second-order valence-corrected chi connectivity index (χ2v) is 7.88. The Kier molecular flexibility index (Phi) is 4.10. The third-order valence-electron chi connectivity index (χ3n) is 2.27. The maximum atomic E-state index is 11.5. The molecule has 1 fully saturated rings. The van der Waals surface area contributed by atoms with Crippen LogP contribution in [0.5, 0.6) is 0 Å². The molecule has 90 valence electrons. The van der Waals surface area contributed by atoms with Gasteiger partial charge in [-0.1, -0.05) is 0 Å². The van der Waals surface area contributed by atoms with Gasteiger partial charge in [-0.2, -0.15) is 0 Å². The van der Waals surface area contributed by atoms with Crippen LogP contribution in [0.4, 0.5) is 0 Å². The second-order valence-electron chi connectivity index (χ2n) is 3.65. The molecule has 0 spiro atoms. The van der Waals surface area contributed by atoms with E-state index in [1.165, 1.54) is 0 Å². The lowest BCUT2D eigenvalue weighted by atomic mass is 10.3. The Morgan fingerprint density at radius 3 is 2.67 bits per heavy atom. The van der Waals surface area contributed by atoms with E-state index in [4.69, 9.17) is 0 Å². The van der Waals surface area contributed by atoms with Crippen molar-refractivity contribution in [3.05, 3.63) is 0 Å². The van der Waals surface area contributed by atoms with Crippen LogP contribution in [0.1, 0.15) is 6.42 Å². The largest absolute Gasteiger partial charge is 0.314 e. The molecule has 1 heterocycles. The molecule has 0 saturated carbocycles. The van der Waals surface area contributed by atoms with E-state index in [-0.39, 0.29) is 12.3 Å². The quantitative estimate of drug-likeness (QED) is 0.626. The highest BCUT2D eigenvalue weighted by Crippen LogP contribution is 2.09. The van der Waals surface area contributed by atoms with E-state index in [9.17, 15) is 16.8 Å². The Bertz CT molecular complexity index is 401. The summed E-state index contributed by atoms with van der Waals surface area (Å²) in [6, 6.07) is 0. The first-order valence-corrected chi connectivity index (χ1v) is 8.29. The predicted molar refractivity (Wildman–Crippen MR) is 57.9 cm³/mol. The van der Waals surface area contributed by atoms with E-state index in [1.54, 1.807) is 0 Å². The molecule has 1 unspecified atom stereocenters. The third-order valence-corrected chi connectivity index (χ3v) is 5.19. The first kappa shape index (κ1) is 12.9. The fourth-order valence-corrected chi connectivity index (χ4v) is 3.56. The normalized spacial score (nSPS) is 26.3. The molecule has 1 saturated heterocycles. The van der Waals surface area contributed by atoms with E-state index >= 15 is 0 Å². The van der Waals surface area contributed by atoms with Crippen LogP contribution in [0.15, 0.2) is 0 Å². The number of hydrogen-bond acceptors (Lipinski definition) is 5. The molecule has 0 aromatic heterocycles. The van der Waals surface area contributed by atoms with Crippen LogP contribution in [0.25, 0.3) is 0 Å². The molecule has 1 atom stereocenters. The van der Waals surface area contributed by atoms with Crippen molar-refractivity contribution < 1.29 is 16.8 Å². The minimum Gasteiger partial charge on any atom is -0.314 e. The Hall–Kier alpha value is -0.180. The van der Waals surface area contributed by atoms with Crippen molar-refractivity contribution >= 4 is 19.9 Å². The van der Waals surface area contributed by atoms with E-state index in [0.717, 1.165) is 6.26 Å². The van der Waals surface area contributed by atoms with Gasteiger partial charge in [-0.15, -0.1) is 0 Å². The fraction of sp³-hybridized carbons (Fsp3) is 1.00. The van der Waals surface area contributed by atoms with E-state index in [1.807, 2.05) is 0 Å². The van der Waals surface area contributed by atoms with Crippen molar-refractivity contribution in [3.63, 3.8) is 0 Å². The lowest BCUT2D eigenvalue weighted by Crippen LogP contribution is -2.45. The molecule has 1 rings (SSSR count). The van der Waals surface area contributed by atoms with Crippen molar-refractivity contribution in [1.29, 1.82) is 0 Å². The number of sulfonamides is 1. The summed E-state index contributed by atoms with van der Waals surface area (Å²) in [4.78, 5) is 0.